The van der Waals surface area contributed by atoms with E-state index in [0.29, 0.717) is 6.04 Å². The molecule has 0 aromatic heterocycles. The Morgan fingerprint density at radius 1 is 1.29 bits per heavy atom. The summed E-state index contributed by atoms with van der Waals surface area (Å²) in [4.78, 5) is 2.28. The fourth-order valence-corrected chi connectivity index (χ4v) is 2.00. The van der Waals surface area contributed by atoms with Gasteiger partial charge in [0.15, 0.2) is 0 Å². The smallest absolute Gasteiger partial charge is 0.0600 e. The van der Waals surface area contributed by atoms with Crippen LogP contribution < -0.4 is 16.4 Å². The van der Waals surface area contributed by atoms with Crippen molar-refractivity contribution >= 4 is 11.4 Å². The summed E-state index contributed by atoms with van der Waals surface area (Å²) in [5, 5.41) is 0. The molecule has 0 aliphatic carbocycles. The minimum atomic E-state index is 0.295. The molecule has 0 radical (unpaired) electrons. The van der Waals surface area contributed by atoms with Gasteiger partial charge in [-0.1, -0.05) is 12.1 Å². The van der Waals surface area contributed by atoms with Gasteiger partial charge in [-0.25, -0.2) is 0 Å². The van der Waals surface area contributed by atoms with E-state index in [9.17, 15) is 0 Å². The van der Waals surface area contributed by atoms with E-state index < -0.39 is 0 Å². The lowest BCUT2D eigenvalue weighted by atomic mass is 10.1. The molecule has 1 saturated heterocycles. The van der Waals surface area contributed by atoms with Crippen molar-refractivity contribution in [3.8, 4) is 0 Å². The minimum Gasteiger partial charge on any atom is -0.397 e. The number of nitrogens with two attached hydrogens (primary N) is 2. The first-order valence-electron chi connectivity index (χ1n) is 5.12. The van der Waals surface area contributed by atoms with Crippen molar-refractivity contribution in [2.45, 2.75) is 18.9 Å². The maximum Gasteiger partial charge on any atom is 0.0600 e. The van der Waals surface area contributed by atoms with Crippen LogP contribution in [0.5, 0.6) is 0 Å². The molecule has 14 heavy (non-hydrogen) atoms. The van der Waals surface area contributed by atoms with E-state index in [0.717, 1.165) is 37.3 Å². The van der Waals surface area contributed by atoms with Crippen molar-refractivity contribution in [1.29, 1.82) is 0 Å². The van der Waals surface area contributed by atoms with Crippen LogP contribution in [0, 0.1) is 0 Å². The number of hydrogen-bond donors (Lipinski definition) is 2. The second kappa shape index (κ2) is 3.88. The maximum atomic E-state index is 5.93. The van der Waals surface area contributed by atoms with Crippen LogP contribution in [0.2, 0.25) is 0 Å². The number of para-hydroxylation sites is 2. The molecular formula is C11H17N3. The molecule has 2 rings (SSSR count). The number of nitrogens with zero attached hydrogens (tertiary/aromatic N) is 1. The first kappa shape index (κ1) is 9.34. The van der Waals surface area contributed by atoms with E-state index in [1.807, 2.05) is 18.2 Å². The number of benzene rings is 1. The molecule has 1 aromatic rings. The van der Waals surface area contributed by atoms with Gasteiger partial charge in [-0.3, -0.25) is 0 Å². The fourth-order valence-electron chi connectivity index (χ4n) is 2.00. The van der Waals surface area contributed by atoms with E-state index in [1.165, 1.54) is 0 Å². The summed E-state index contributed by atoms with van der Waals surface area (Å²) < 4.78 is 0. The first-order valence-corrected chi connectivity index (χ1v) is 5.12. The largest absolute Gasteiger partial charge is 0.397 e. The first-order chi connectivity index (χ1) is 6.77. The summed E-state index contributed by atoms with van der Waals surface area (Å²) in [5.74, 6) is 0. The van der Waals surface area contributed by atoms with Gasteiger partial charge in [0, 0.05) is 19.1 Å². The van der Waals surface area contributed by atoms with E-state index >= 15 is 0 Å². The highest BCUT2D eigenvalue weighted by molar-refractivity contribution is 5.67. The number of piperidine rings is 1. The van der Waals surface area contributed by atoms with E-state index in [-0.39, 0.29) is 0 Å². The summed E-state index contributed by atoms with van der Waals surface area (Å²) in [6, 6.07) is 8.28. The third-order valence-corrected chi connectivity index (χ3v) is 2.74. The Balaban J connectivity index is 2.18. The van der Waals surface area contributed by atoms with Crippen LogP contribution in [-0.2, 0) is 0 Å². The summed E-state index contributed by atoms with van der Waals surface area (Å²) in [6.07, 6.45) is 2.29. The molecule has 1 unspecified atom stereocenters. The predicted octanol–water partition coefficient (Wildman–Crippen LogP) is 1.20. The quantitative estimate of drug-likeness (QED) is 0.656. The molecule has 0 bridgehead atoms. The van der Waals surface area contributed by atoms with E-state index in [4.69, 9.17) is 11.5 Å². The van der Waals surface area contributed by atoms with Gasteiger partial charge in [0.2, 0.25) is 0 Å². The van der Waals surface area contributed by atoms with Crippen LogP contribution in [0.3, 0.4) is 0 Å². The van der Waals surface area contributed by atoms with Crippen molar-refractivity contribution in [1.82, 2.24) is 0 Å². The van der Waals surface area contributed by atoms with Crippen LogP contribution in [0.15, 0.2) is 24.3 Å². The molecule has 0 amide bonds. The second-order valence-corrected chi connectivity index (χ2v) is 3.91. The van der Waals surface area contributed by atoms with Gasteiger partial charge in [0.25, 0.3) is 0 Å². The standard InChI is InChI=1S/C11H17N3/c12-9-4-3-7-14(8-9)11-6-2-1-5-10(11)13/h1-2,5-6,9H,3-4,7-8,12-13H2. The summed E-state index contributed by atoms with van der Waals surface area (Å²) in [7, 11) is 0. The van der Waals surface area contributed by atoms with Crippen LogP contribution in [0.1, 0.15) is 12.8 Å². The van der Waals surface area contributed by atoms with E-state index in [2.05, 4.69) is 11.0 Å². The summed E-state index contributed by atoms with van der Waals surface area (Å²) in [5.41, 5.74) is 13.8. The number of hydrogen-bond acceptors (Lipinski definition) is 3. The van der Waals surface area contributed by atoms with Gasteiger partial charge >= 0.3 is 0 Å². The maximum absolute atomic E-state index is 5.93. The molecule has 1 aliphatic rings. The zero-order valence-electron chi connectivity index (χ0n) is 8.32. The van der Waals surface area contributed by atoms with Gasteiger partial charge < -0.3 is 16.4 Å². The lowest BCUT2D eigenvalue weighted by Crippen LogP contribution is -2.43. The normalized spacial score (nSPS) is 22.4. The Morgan fingerprint density at radius 3 is 2.79 bits per heavy atom. The topological polar surface area (TPSA) is 55.3 Å². The lowest BCUT2D eigenvalue weighted by molar-refractivity contribution is 0.506. The van der Waals surface area contributed by atoms with E-state index in [1.54, 1.807) is 0 Å². The number of rotatable bonds is 1. The highest BCUT2D eigenvalue weighted by Crippen LogP contribution is 2.25. The van der Waals surface area contributed by atoms with Gasteiger partial charge in [-0.15, -0.1) is 0 Å². The summed E-state index contributed by atoms with van der Waals surface area (Å²) in [6.45, 7) is 2.00. The zero-order chi connectivity index (χ0) is 9.97. The molecule has 1 aliphatic heterocycles. The number of nitrogen functional groups attached to an aromatic ring is 1. The van der Waals surface area contributed by atoms with Crippen LogP contribution in [0.25, 0.3) is 0 Å². The van der Waals surface area contributed by atoms with Gasteiger partial charge in [0.1, 0.15) is 0 Å². The van der Waals surface area contributed by atoms with Crippen molar-refractivity contribution < 1.29 is 0 Å². The van der Waals surface area contributed by atoms with Gasteiger partial charge in [0.05, 0.1) is 11.4 Å². The van der Waals surface area contributed by atoms with Crippen molar-refractivity contribution in [2.24, 2.45) is 5.73 Å². The minimum absolute atomic E-state index is 0.295. The molecule has 1 atom stereocenters. The average Bonchev–Trinajstić information content (AvgIpc) is 2.18. The highest BCUT2D eigenvalue weighted by atomic mass is 15.2. The Hall–Kier alpha value is -1.22. The van der Waals surface area contributed by atoms with Crippen LogP contribution in [0.4, 0.5) is 11.4 Å². The van der Waals surface area contributed by atoms with Gasteiger partial charge in [-0.05, 0) is 25.0 Å². The van der Waals surface area contributed by atoms with Crippen LogP contribution >= 0.6 is 0 Å². The molecule has 1 aromatic carbocycles. The molecule has 3 nitrogen and oxygen atoms in total. The molecule has 1 fully saturated rings. The molecule has 4 N–H and O–H groups in total. The molecular weight excluding hydrogens is 174 g/mol. The monoisotopic (exact) mass is 191 g/mol. The third kappa shape index (κ3) is 1.82. The average molecular weight is 191 g/mol. The highest BCUT2D eigenvalue weighted by Gasteiger charge is 2.17. The Kier molecular flexibility index (Phi) is 2.59. The van der Waals surface area contributed by atoms with Crippen molar-refractivity contribution in [2.75, 3.05) is 23.7 Å². The Labute approximate surface area is 84.7 Å². The van der Waals surface area contributed by atoms with Crippen molar-refractivity contribution in [3.63, 3.8) is 0 Å². The van der Waals surface area contributed by atoms with Gasteiger partial charge in [-0.2, -0.15) is 0 Å². The second-order valence-electron chi connectivity index (χ2n) is 3.91. The molecule has 1 heterocycles. The van der Waals surface area contributed by atoms with Crippen molar-refractivity contribution in [3.05, 3.63) is 24.3 Å². The Bertz CT molecular complexity index is 311. The fraction of sp³-hybridized carbons (Fsp3) is 0.455. The zero-order valence-corrected chi connectivity index (χ0v) is 8.32. The molecule has 3 heteroatoms. The molecule has 76 valence electrons. The molecule has 0 saturated carbocycles. The summed E-state index contributed by atoms with van der Waals surface area (Å²) >= 11 is 0. The predicted molar refractivity (Wildman–Crippen MR) is 60.3 cm³/mol. The Morgan fingerprint density at radius 2 is 2.07 bits per heavy atom. The number of anilines is 2. The van der Waals surface area contributed by atoms with Crippen LogP contribution in [-0.4, -0.2) is 19.1 Å². The SMILES string of the molecule is Nc1ccccc1N1CCCC(N)C1. The third-order valence-electron chi connectivity index (χ3n) is 2.74. The molecule has 0 spiro atoms. The lowest BCUT2D eigenvalue weighted by Gasteiger charge is -2.33.